The summed E-state index contributed by atoms with van der Waals surface area (Å²) in [6, 6.07) is 0. The third-order valence-electron chi connectivity index (χ3n) is 1.73. The molecule has 1 N–H and O–H groups in total. The molecule has 0 fully saturated rings. The summed E-state index contributed by atoms with van der Waals surface area (Å²) in [5.74, 6) is -0.491. The van der Waals surface area contributed by atoms with Crippen LogP contribution in [0, 0.1) is 6.92 Å². The predicted octanol–water partition coefficient (Wildman–Crippen LogP) is 1.88. The number of aromatic nitrogens is 2. The number of carbonyl (C=O) groups excluding carboxylic acids is 1. The number of carbonyl (C=O) groups is 1. The second-order valence-electron chi connectivity index (χ2n) is 3.13. The van der Waals surface area contributed by atoms with Crippen molar-refractivity contribution in [2.75, 3.05) is 5.32 Å². The number of hydrogen-bond donors (Lipinski definition) is 1. The van der Waals surface area contributed by atoms with Crippen molar-refractivity contribution >= 4 is 11.6 Å². The molecule has 0 atom stereocenters. The Kier molecular flexibility index (Phi) is 3.36. The van der Waals surface area contributed by atoms with Gasteiger partial charge in [0.15, 0.2) is 0 Å². The van der Waals surface area contributed by atoms with Gasteiger partial charge < -0.3 is 5.32 Å². The number of rotatable bonds is 3. The summed E-state index contributed by atoms with van der Waals surface area (Å²) in [6.45, 7) is 3.56. The van der Waals surface area contributed by atoms with Crippen LogP contribution in [0.2, 0.25) is 0 Å². The summed E-state index contributed by atoms with van der Waals surface area (Å²) in [5.41, 5.74) is 0.564. The Morgan fingerprint density at radius 1 is 1.69 bits per heavy atom. The average Bonchev–Trinajstić information content (AvgIpc) is 2.43. The first-order chi connectivity index (χ1) is 7.31. The molecule has 0 saturated heterocycles. The molecule has 16 heavy (non-hydrogen) atoms. The molecule has 0 aliphatic carbocycles. The minimum absolute atomic E-state index is 0.245. The van der Waals surface area contributed by atoms with Gasteiger partial charge >= 0.3 is 6.18 Å². The molecule has 4 nitrogen and oxygen atoms in total. The normalized spacial score (nSPS) is 11.2. The largest absolute Gasteiger partial charge is 0.408 e. The molecule has 1 rings (SSSR count). The molecule has 1 aromatic rings. The molecule has 1 heterocycles. The lowest BCUT2D eigenvalue weighted by Gasteiger charge is -2.04. The third kappa shape index (κ3) is 3.41. The number of nitrogens with one attached hydrogen (secondary N) is 1. The molecule has 0 aliphatic heterocycles. The highest BCUT2D eigenvalue weighted by molar-refractivity contribution is 5.99. The van der Waals surface area contributed by atoms with Crippen molar-refractivity contribution in [2.45, 2.75) is 19.6 Å². The molecule has 0 spiro atoms. The van der Waals surface area contributed by atoms with E-state index in [4.69, 9.17) is 0 Å². The van der Waals surface area contributed by atoms with Gasteiger partial charge in [0.05, 0.1) is 11.4 Å². The van der Waals surface area contributed by atoms with E-state index in [-0.39, 0.29) is 5.69 Å². The van der Waals surface area contributed by atoms with Gasteiger partial charge in [0.25, 0.3) is 0 Å². The smallest absolute Gasteiger partial charge is 0.320 e. The van der Waals surface area contributed by atoms with Crippen molar-refractivity contribution in [1.29, 1.82) is 0 Å². The Morgan fingerprint density at radius 2 is 2.31 bits per heavy atom. The topological polar surface area (TPSA) is 46.9 Å². The highest BCUT2D eigenvalue weighted by Crippen LogP contribution is 2.19. The van der Waals surface area contributed by atoms with E-state index in [2.05, 4.69) is 17.0 Å². The first-order valence-electron chi connectivity index (χ1n) is 4.36. The Labute approximate surface area is 89.7 Å². The number of anilines is 1. The molecule has 0 bridgehead atoms. The maximum Gasteiger partial charge on any atom is 0.408 e. The molecule has 0 unspecified atom stereocenters. The maximum atomic E-state index is 12.0. The molecular weight excluding hydrogens is 223 g/mol. The number of amides is 1. The monoisotopic (exact) mass is 233 g/mol. The van der Waals surface area contributed by atoms with E-state index in [9.17, 15) is 18.0 Å². The lowest BCUT2D eigenvalue weighted by atomic mass is 10.4. The van der Waals surface area contributed by atoms with Crippen LogP contribution in [0.15, 0.2) is 18.9 Å². The van der Waals surface area contributed by atoms with Gasteiger partial charge in [-0.1, -0.05) is 6.58 Å². The highest BCUT2D eigenvalue weighted by Gasteiger charge is 2.28. The van der Waals surface area contributed by atoms with E-state index in [1.54, 1.807) is 0 Å². The van der Waals surface area contributed by atoms with Crippen molar-refractivity contribution < 1.29 is 18.0 Å². The fourth-order valence-electron chi connectivity index (χ4n) is 1.09. The summed E-state index contributed by atoms with van der Waals surface area (Å²) in [6.07, 6.45) is -2.18. The lowest BCUT2D eigenvalue weighted by molar-refractivity contribution is -0.142. The molecule has 0 aliphatic rings. The predicted molar refractivity (Wildman–Crippen MR) is 51.8 cm³/mol. The van der Waals surface area contributed by atoms with Gasteiger partial charge in [0, 0.05) is 6.20 Å². The second-order valence-corrected chi connectivity index (χ2v) is 3.13. The van der Waals surface area contributed by atoms with Crippen LogP contribution in [0.4, 0.5) is 18.9 Å². The quantitative estimate of drug-likeness (QED) is 0.810. The fraction of sp³-hybridized carbons (Fsp3) is 0.333. The zero-order valence-electron chi connectivity index (χ0n) is 8.51. The van der Waals surface area contributed by atoms with Crippen molar-refractivity contribution in [3.05, 3.63) is 24.5 Å². The molecule has 7 heteroatoms. The molecule has 88 valence electrons. The van der Waals surface area contributed by atoms with E-state index in [0.29, 0.717) is 5.69 Å². The summed E-state index contributed by atoms with van der Waals surface area (Å²) in [5, 5.41) is 5.99. The zero-order valence-corrected chi connectivity index (χ0v) is 8.51. The Bertz CT molecular complexity index is 409. The first-order valence-corrected chi connectivity index (χ1v) is 4.36. The van der Waals surface area contributed by atoms with Crippen LogP contribution in [0.3, 0.4) is 0 Å². The van der Waals surface area contributed by atoms with Crippen LogP contribution < -0.4 is 5.32 Å². The van der Waals surface area contributed by atoms with Gasteiger partial charge in [0.1, 0.15) is 6.54 Å². The van der Waals surface area contributed by atoms with E-state index in [0.717, 1.165) is 17.0 Å². The van der Waals surface area contributed by atoms with E-state index in [1.165, 1.54) is 6.92 Å². The van der Waals surface area contributed by atoms with Crippen LogP contribution >= 0.6 is 0 Å². The lowest BCUT2D eigenvalue weighted by Crippen LogP contribution is -2.18. The van der Waals surface area contributed by atoms with Gasteiger partial charge in [-0.25, -0.2) is 0 Å². The van der Waals surface area contributed by atoms with Crippen LogP contribution in [0.5, 0.6) is 0 Å². The van der Waals surface area contributed by atoms with Gasteiger partial charge in [-0.3, -0.25) is 9.48 Å². The van der Waals surface area contributed by atoms with E-state index in [1.807, 2.05) is 0 Å². The molecule has 1 aromatic heterocycles. The van der Waals surface area contributed by atoms with E-state index >= 15 is 0 Å². The van der Waals surface area contributed by atoms with E-state index < -0.39 is 18.6 Å². The van der Waals surface area contributed by atoms with Crippen molar-refractivity contribution in [2.24, 2.45) is 0 Å². The van der Waals surface area contributed by atoms with Gasteiger partial charge in [-0.05, 0) is 13.0 Å². The van der Waals surface area contributed by atoms with Crippen molar-refractivity contribution in [3.63, 3.8) is 0 Å². The van der Waals surface area contributed by atoms with Crippen LogP contribution in [0.25, 0.3) is 0 Å². The number of nitrogens with zero attached hydrogens (tertiary/aromatic N) is 2. The van der Waals surface area contributed by atoms with Gasteiger partial charge in [-0.2, -0.15) is 18.3 Å². The summed E-state index contributed by atoms with van der Waals surface area (Å²) in [7, 11) is 0. The van der Waals surface area contributed by atoms with Crippen molar-refractivity contribution in [3.8, 4) is 0 Å². The minimum Gasteiger partial charge on any atom is -0.320 e. The second kappa shape index (κ2) is 4.38. The Balaban J connectivity index is 2.81. The SMILES string of the molecule is C=CC(=O)Nc1cn(CC(F)(F)F)nc1C. The molecule has 0 aromatic carbocycles. The maximum absolute atomic E-state index is 12.0. The summed E-state index contributed by atoms with van der Waals surface area (Å²) >= 11 is 0. The van der Waals surface area contributed by atoms with Crippen LogP contribution in [-0.2, 0) is 11.3 Å². The molecule has 0 saturated carbocycles. The van der Waals surface area contributed by atoms with Crippen LogP contribution in [-0.4, -0.2) is 21.9 Å². The Morgan fingerprint density at radius 3 is 2.81 bits per heavy atom. The molecular formula is C9H10F3N3O. The summed E-state index contributed by atoms with van der Waals surface area (Å²) < 4.78 is 36.9. The minimum atomic E-state index is -4.34. The van der Waals surface area contributed by atoms with Crippen LogP contribution in [0.1, 0.15) is 5.69 Å². The highest BCUT2D eigenvalue weighted by atomic mass is 19.4. The molecule has 0 radical (unpaired) electrons. The number of alkyl halides is 3. The standard InChI is InChI=1S/C9H10F3N3O/c1-3-8(16)13-7-4-15(14-6(7)2)5-9(10,11)12/h3-4H,1,5H2,2H3,(H,13,16). The number of aryl methyl sites for hydroxylation is 1. The zero-order chi connectivity index (χ0) is 12.3. The van der Waals surface area contributed by atoms with Crippen molar-refractivity contribution in [1.82, 2.24) is 9.78 Å². The average molecular weight is 233 g/mol. The number of halogens is 3. The number of hydrogen-bond acceptors (Lipinski definition) is 2. The van der Waals surface area contributed by atoms with Gasteiger partial charge in [0.2, 0.25) is 5.91 Å². The fourth-order valence-corrected chi connectivity index (χ4v) is 1.09. The molecule has 1 amide bonds. The summed E-state index contributed by atoms with van der Waals surface area (Å²) in [4.78, 5) is 10.9. The first kappa shape index (κ1) is 12.3. The third-order valence-corrected chi connectivity index (χ3v) is 1.73. The van der Waals surface area contributed by atoms with Gasteiger partial charge in [-0.15, -0.1) is 0 Å². The Hall–Kier alpha value is -1.79.